The highest BCUT2D eigenvalue weighted by Crippen LogP contribution is 2.58. The first-order valence-electron chi connectivity index (χ1n) is 5.63. The number of rotatable bonds is 2. The van der Waals surface area contributed by atoms with Crippen LogP contribution in [-0.2, 0) is 0 Å². The van der Waals surface area contributed by atoms with Gasteiger partial charge in [-0.2, -0.15) is 0 Å². The second-order valence-corrected chi connectivity index (χ2v) is 4.37. The van der Waals surface area contributed by atoms with Gasteiger partial charge in [-0.1, -0.05) is 25.0 Å². The number of aliphatic hydroxyl groups excluding tert-OH is 1. The summed E-state index contributed by atoms with van der Waals surface area (Å²) in [6.07, 6.45) is 8.40. The van der Waals surface area contributed by atoms with Gasteiger partial charge in [-0.25, -0.2) is 0 Å². The molecule has 2 atom stereocenters. The normalized spacial score (nSPS) is 39.3. The van der Waals surface area contributed by atoms with Crippen molar-refractivity contribution in [2.45, 2.75) is 38.7 Å². The molecule has 2 aliphatic rings. The first-order valence-corrected chi connectivity index (χ1v) is 5.63. The van der Waals surface area contributed by atoms with Crippen LogP contribution in [0.1, 0.15) is 32.6 Å². The van der Waals surface area contributed by atoms with E-state index in [0.717, 1.165) is 43.4 Å². The van der Waals surface area contributed by atoms with Crippen LogP contribution in [0.25, 0.3) is 0 Å². The number of hydrogen-bond donors (Lipinski definition) is 1. The van der Waals surface area contributed by atoms with E-state index >= 15 is 0 Å². The average molecular weight is 190 g/mol. The molecule has 2 rings (SSSR count). The number of hydrogen-bond acceptors (Lipinski definition) is 1. The van der Waals surface area contributed by atoms with E-state index in [1.54, 1.807) is 0 Å². The van der Waals surface area contributed by atoms with Crippen molar-refractivity contribution >= 4 is 0 Å². The van der Waals surface area contributed by atoms with Crippen LogP contribution in [0.15, 0.2) is 12.2 Å². The van der Waals surface area contributed by atoms with E-state index in [4.69, 9.17) is 0 Å². The molecular weight excluding hydrogens is 172 g/mol. The van der Waals surface area contributed by atoms with Gasteiger partial charge in [-0.05, 0) is 30.6 Å². The Bertz CT molecular complexity index is 269. The minimum absolute atomic E-state index is 0.00506. The molecule has 2 fully saturated rings. The highest BCUT2D eigenvalue weighted by Gasteiger charge is 2.53. The number of allylic oxidation sites excluding steroid dienone is 2. The zero-order valence-corrected chi connectivity index (χ0v) is 8.74. The molecule has 0 heterocycles. The lowest BCUT2D eigenvalue weighted by Crippen LogP contribution is -2.03. The van der Waals surface area contributed by atoms with Gasteiger partial charge < -0.3 is 5.11 Å². The van der Waals surface area contributed by atoms with E-state index in [1.807, 2.05) is 0 Å². The van der Waals surface area contributed by atoms with Crippen LogP contribution in [0.4, 0.5) is 0 Å². The molecule has 1 nitrogen and oxygen atoms in total. The first-order chi connectivity index (χ1) is 6.83. The topological polar surface area (TPSA) is 20.2 Å². The van der Waals surface area contributed by atoms with Crippen LogP contribution in [0, 0.1) is 29.6 Å². The largest absolute Gasteiger partial charge is 0.393 e. The molecule has 2 unspecified atom stereocenters. The predicted octanol–water partition coefficient (Wildman–Crippen LogP) is 2.36. The van der Waals surface area contributed by atoms with Crippen molar-refractivity contribution in [3.63, 3.8) is 0 Å². The molecule has 76 valence electrons. The van der Waals surface area contributed by atoms with Crippen LogP contribution in [0.5, 0.6) is 0 Å². The van der Waals surface area contributed by atoms with Gasteiger partial charge in [-0.3, -0.25) is 0 Å². The van der Waals surface area contributed by atoms with Crippen molar-refractivity contribution in [1.82, 2.24) is 0 Å². The van der Waals surface area contributed by atoms with Crippen molar-refractivity contribution in [3.8, 4) is 11.8 Å². The van der Waals surface area contributed by atoms with Gasteiger partial charge in [0.15, 0.2) is 0 Å². The van der Waals surface area contributed by atoms with E-state index < -0.39 is 0 Å². The quantitative estimate of drug-likeness (QED) is 0.523. The maximum atomic E-state index is 9.34. The molecular formula is C13H18O. The molecule has 0 spiro atoms. The van der Waals surface area contributed by atoms with E-state index in [0.29, 0.717) is 0 Å². The van der Waals surface area contributed by atoms with Crippen molar-refractivity contribution < 1.29 is 5.11 Å². The molecule has 0 aromatic heterocycles. The summed E-state index contributed by atoms with van der Waals surface area (Å²) < 4.78 is 0. The van der Waals surface area contributed by atoms with Gasteiger partial charge in [0.2, 0.25) is 0 Å². The summed E-state index contributed by atoms with van der Waals surface area (Å²) in [6.45, 7) is 2.07. The second-order valence-electron chi connectivity index (χ2n) is 4.37. The van der Waals surface area contributed by atoms with E-state index in [-0.39, 0.29) is 6.10 Å². The summed E-state index contributed by atoms with van der Waals surface area (Å²) in [5.41, 5.74) is 0. The summed E-state index contributed by atoms with van der Waals surface area (Å²) in [5.74, 6) is 8.51. The van der Waals surface area contributed by atoms with Gasteiger partial charge in [0.1, 0.15) is 0 Å². The molecule has 0 saturated heterocycles. The molecule has 0 aliphatic heterocycles. The number of aliphatic hydroxyl groups is 1. The molecule has 0 aromatic carbocycles. The van der Waals surface area contributed by atoms with Crippen molar-refractivity contribution in [2.75, 3.05) is 0 Å². The van der Waals surface area contributed by atoms with Crippen LogP contribution in [-0.4, -0.2) is 11.2 Å². The SMILES string of the molecule is CCC#CC/C=C/C1C2CC(O)CC12. The molecule has 14 heavy (non-hydrogen) atoms. The summed E-state index contributed by atoms with van der Waals surface area (Å²) in [4.78, 5) is 0. The summed E-state index contributed by atoms with van der Waals surface area (Å²) >= 11 is 0. The smallest absolute Gasteiger partial charge is 0.0546 e. The zero-order chi connectivity index (χ0) is 9.97. The standard InChI is InChI=1S/C13H18O/c1-2-3-4-5-6-7-11-12-8-10(14)9-13(11)12/h6-7,10-14H,2,5,8-9H2,1H3/b7-6+. The van der Waals surface area contributed by atoms with Crippen molar-refractivity contribution in [3.05, 3.63) is 12.2 Å². The highest BCUT2D eigenvalue weighted by atomic mass is 16.3. The molecule has 0 aromatic rings. The average Bonchev–Trinajstić information content (AvgIpc) is 2.63. The van der Waals surface area contributed by atoms with Gasteiger partial charge in [-0.15, -0.1) is 5.92 Å². The minimum Gasteiger partial charge on any atom is -0.393 e. The lowest BCUT2D eigenvalue weighted by atomic mass is 10.1. The van der Waals surface area contributed by atoms with Crippen LogP contribution in [0.3, 0.4) is 0 Å². The molecule has 0 amide bonds. The number of fused-ring (bicyclic) bond motifs is 1. The Morgan fingerprint density at radius 2 is 2.00 bits per heavy atom. The zero-order valence-electron chi connectivity index (χ0n) is 8.74. The third-order valence-electron chi connectivity index (χ3n) is 3.37. The summed E-state index contributed by atoms with van der Waals surface area (Å²) in [6, 6.07) is 0. The first kappa shape index (κ1) is 9.80. The Morgan fingerprint density at radius 3 is 2.64 bits per heavy atom. The van der Waals surface area contributed by atoms with Crippen molar-refractivity contribution in [2.24, 2.45) is 17.8 Å². The van der Waals surface area contributed by atoms with E-state index in [1.165, 1.54) is 0 Å². The lowest BCUT2D eigenvalue weighted by Gasteiger charge is -2.03. The lowest BCUT2D eigenvalue weighted by molar-refractivity contribution is 0.164. The summed E-state index contributed by atoms with van der Waals surface area (Å²) in [7, 11) is 0. The van der Waals surface area contributed by atoms with Gasteiger partial charge in [0, 0.05) is 12.8 Å². The fraction of sp³-hybridized carbons (Fsp3) is 0.692. The summed E-state index contributed by atoms with van der Waals surface area (Å²) in [5, 5.41) is 9.34. The fourth-order valence-electron chi connectivity index (χ4n) is 2.63. The molecule has 1 heteroatoms. The monoisotopic (exact) mass is 190 g/mol. The van der Waals surface area contributed by atoms with E-state index in [9.17, 15) is 5.11 Å². The Hall–Kier alpha value is -0.740. The third-order valence-corrected chi connectivity index (χ3v) is 3.37. The molecule has 0 radical (unpaired) electrons. The maximum Gasteiger partial charge on any atom is 0.0546 e. The molecule has 0 bridgehead atoms. The fourth-order valence-corrected chi connectivity index (χ4v) is 2.63. The van der Waals surface area contributed by atoms with E-state index in [2.05, 4.69) is 30.9 Å². The maximum absolute atomic E-state index is 9.34. The highest BCUT2D eigenvalue weighted by molar-refractivity contribution is 5.15. The predicted molar refractivity (Wildman–Crippen MR) is 57.5 cm³/mol. The van der Waals surface area contributed by atoms with Crippen LogP contribution < -0.4 is 0 Å². The third kappa shape index (κ3) is 2.01. The molecule has 2 aliphatic carbocycles. The molecule has 2 saturated carbocycles. The van der Waals surface area contributed by atoms with Crippen molar-refractivity contribution in [1.29, 1.82) is 0 Å². The van der Waals surface area contributed by atoms with Crippen LogP contribution in [0.2, 0.25) is 0 Å². The minimum atomic E-state index is -0.00506. The van der Waals surface area contributed by atoms with Gasteiger partial charge >= 0.3 is 0 Å². The van der Waals surface area contributed by atoms with Gasteiger partial charge in [0.05, 0.1) is 6.10 Å². The molecule has 1 N–H and O–H groups in total. The second kappa shape index (κ2) is 4.19. The van der Waals surface area contributed by atoms with Crippen LogP contribution >= 0.6 is 0 Å². The Balaban J connectivity index is 1.69. The Kier molecular flexibility index (Phi) is 2.93. The Labute approximate surface area is 86.2 Å². The Morgan fingerprint density at radius 1 is 1.29 bits per heavy atom. The van der Waals surface area contributed by atoms with Gasteiger partial charge in [0.25, 0.3) is 0 Å².